The lowest BCUT2D eigenvalue weighted by atomic mass is 9.85. The summed E-state index contributed by atoms with van der Waals surface area (Å²) in [5, 5.41) is 13.9. The number of carbonyl (C=O) groups excluding carboxylic acids is 2. The van der Waals surface area contributed by atoms with Gasteiger partial charge in [0.1, 0.15) is 0 Å². The third kappa shape index (κ3) is 4.55. The smallest absolute Gasteiger partial charge is 0.295 e. The van der Waals surface area contributed by atoms with Crippen LogP contribution >= 0.6 is 11.6 Å². The molecule has 1 unspecified atom stereocenters. The molecule has 2 heterocycles. The van der Waals surface area contributed by atoms with Crippen molar-refractivity contribution in [2.24, 2.45) is 0 Å². The maximum absolute atomic E-state index is 13.4. The maximum atomic E-state index is 13.4. The van der Waals surface area contributed by atoms with Crippen molar-refractivity contribution in [1.29, 1.82) is 0 Å². The van der Waals surface area contributed by atoms with Crippen LogP contribution in [0, 0.1) is 0 Å². The molecule has 3 aromatic rings. The minimum absolute atomic E-state index is 0.0364. The van der Waals surface area contributed by atoms with Crippen LogP contribution in [0.4, 0.5) is 0 Å². The number of ketones is 1. The number of aromatic amines is 1. The van der Waals surface area contributed by atoms with Gasteiger partial charge in [-0.25, -0.2) is 4.98 Å². The van der Waals surface area contributed by atoms with Gasteiger partial charge in [0.05, 0.1) is 12.6 Å². The van der Waals surface area contributed by atoms with E-state index in [1.807, 2.05) is 36.4 Å². The summed E-state index contributed by atoms with van der Waals surface area (Å²) >= 11 is 5.97. The van der Waals surface area contributed by atoms with Crippen molar-refractivity contribution < 1.29 is 19.7 Å². The van der Waals surface area contributed by atoms with Crippen LogP contribution in [0.3, 0.4) is 0 Å². The van der Waals surface area contributed by atoms with Crippen LogP contribution in [-0.4, -0.2) is 16.6 Å². The van der Waals surface area contributed by atoms with Crippen LogP contribution in [0.1, 0.15) is 49.1 Å². The third-order valence-electron chi connectivity index (χ3n) is 5.85. The number of hydrogen-bond donors (Lipinski definition) is 0. The highest BCUT2D eigenvalue weighted by atomic mass is 35.5. The lowest BCUT2D eigenvalue weighted by molar-refractivity contribution is -0.378. The predicted octanol–water partition coefficient (Wildman–Crippen LogP) is 3.88. The zero-order valence-corrected chi connectivity index (χ0v) is 19.5. The van der Waals surface area contributed by atoms with Crippen LogP contribution in [0.2, 0.25) is 5.02 Å². The summed E-state index contributed by atoms with van der Waals surface area (Å²) in [7, 11) is 0. The maximum Gasteiger partial charge on any atom is 0.295 e. The molecule has 1 aliphatic heterocycles. The SMILES string of the molecule is CC(C)(C)c1ccc(C2/C(=C(\[O-])c3ccc(Cl)cc3)C(=O)C(=O)N2Cc2ccc[nH+]c2)cc1. The van der Waals surface area contributed by atoms with Gasteiger partial charge in [-0.05, 0) is 40.3 Å². The highest BCUT2D eigenvalue weighted by Gasteiger charge is 2.44. The number of carbonyl (C=O) groups is 2. The molecular weight excluding hydrogens is 436 g/mol. The van der Waals surface area contributed by atoms with E-state index < -0.39 is 23.5 Å². The van der Waals surface area contributed by atoms with Gasteiger partial charge in [-0.15, -0.1) is 0 Å². The zero-order chi connectivity index (χ0) is 23.8. The summed E-state index contributed by atoms with van der Waals surface area (Å²) < 4.78 is 0. The molecule has 1 saturated heterocycles. The minimum atomic E-state index is -0.776. The first-order valence-electron chi connectivity index (χ1n) is 10.7. The van der Waals surface area contributed by atoms with E-state index in [-0.39, 0.29) is 17.5 Å². The quantitative estimate of drug-likeness (QED) is 0.337. The molecule has 1 atom stereocenters. The molecule has 0 saturated carbocycles. The Labute approximate surface area is 198 Å². The van der Waals surface area contributed by atoms with Gasteiger partial charge in [0, 0.05) is 22.2 Å². The van der Waals surface area contributed by atoms with Crippen LogP contribution in [0.15, 0.2) is 78.6 Å². The van der Waals surface area contributed by atoms with Gasteiger partial charge in [0.15, 0.2) is 12.4 Å². The standard InChI is InChI=1S/C27H25ClN2O3/c1-27(2,3)20-10-6-18(7-11-20)23-22(24(31)19-8-12-21(28)13-9-19)25(32)26(33)30(23)16-17-5-4-14-29-15-17/h4-15,23,31H,16H2,1-3H3/b24-22+. The van der Waals surface area contributed by atoms with E-state index in [1.165, 1.54) is 4.90 Å². The molecule has 6 heteroatoms. The minimum Gasteiger partial charge on any atom is -0.872 e. The number of H-pyrrole nitrogens is 1. The Hall–Kier alpha value is -3.44. The highest BCUT2D eigenvalue weighted by molar-refractivity contribution is 6.46. The van der Waals surface area contributed by atoms with Crippen molar-refractivity contribution in [2.45, 2.75) is 38.8 Å². The fourth-order valence-electron chi connectivity index (χ4n) is 4.03. The molecule has 1 aromatic heterocycles. The molecule has 1 amide bonds. The number of Topliss-reactive ketones (excluding diaryl/α,β-unsaturated/α-hetero) is 1. The molecule has 0 bridgehead atoms. The summed E-state index contributed by atoms with van der Waals surface area (Å²) in [4.78, 5) is 30.7. The van der Waals surface area contributed by atoms with E-state index in [1.54, 1.807) is 36.7 Å². The Morgan fingerprint density at radius 1 is 1.03 bits per heavy atom. The average molecular weight is 461 g/mol. The fourth-order valence-corrected chi connectivity index (χ4v) is 4.15. The molecule has 1 aliphatic rings. The summed E-state index contributed by atoms with van der Waals surface area (Å²) in [5.41, 5.74) is 2.91. The summed E-state index contributed by atoms with van der Waals surface area (Å²) in [6.45, 7) is 6.55. The van der Waals surface area contributed by atoms with Crippen LogP contribution < -0.4 is 10.1 Å². The average Bonchev–Trinajstić information content (AvgIpc) is 3.04. The van der Waals surface area contributed by atoms with Gasteiger partial charge in [0.25, 0.3) is 5.91 Å². The third-order valence-corrected chi connectivity index (χ3v) is 6.10. The summed E-state index contributed by atoms with van der Waals surface area (Å²) in [6, 6.07) is 17.0. The van der Waals surface area contributed by atoms with E-state index in [9.17, 15) is 14.7 Å². The Morgan fingerprint density at radius 3 is 2.27 bits per heavy atom. The lowest BCUT2D eigenvalue weighted by Gasteiger charge is -2.28. The number of halogens is 1. The number of likely N-dealkylation sites (tertiary alicyclic amines) is 1. The molecule has 5 nitrogen and oxygen atoms in total. The van der Waals surface area contributed by atoms with E-state index >= 15 is 0 Å². The molecule has 168 valence electrons. The van der Waals surface area contributed by atoms with E-state index in [0.717, 1.165) is 16.7 Å². The number of amides is 1. The highest BCUT2D eigenvalue weighted by Crippen LogP contribution is 2.40. The van der Waals surface area contributed by atoms with Crippen molar-refractivity contribution in [3.8, 4) is 0 Å². The predicted molar refractivity (Wildman–Crippen MR) is 125 cm³/mol. The molecule has 0 aliphatic carbocycles. The van der Waals surface area contributed by atoms with Crippen molar-refractivity contribution in [3.05, 3.63) is 106 Å². The van der Waals surface area contributed by atoms with Gasteiger partial charge < -0.3 is 10.0 Å². The van der Waals surface area contributed by atoms with Gasteiger partial charge in [-0.1, -0.05) is 74.5 Å². The first-order chi connectivity index (χ1) is 15.7. The number of pyridine rings is 1. The van der Waals surface area contributed by atoms with E-state index in [0.29, 0.717) is 10.6 Å². The monoisotopic (exact) mass is 460 g/mol. The Balaban J connectivity index is 1.85. The number of rotatable bonds is 4. The number of hydrogen-bond acceptors (Lipinski definition) is 3. The Kier molecular flexibility index (Phi) is 6.09. The number of nitrogens with one attached hydrogen (secondary N) is 1. The van der Waals surface area contributed by atoms with Gasteiger partial charge in [-0.2, -0.15) is 0 Å². The lowest BCUT2D eigenvalue weighted by Crippen LogP contribution is -2.29. The second kappa shape index (κ2) is 8.83. The molecule has 33 heavy (non-hydrogen) atoms. The second-order valence-electron chi connectivity index (χ2n) is 9.20. The van der Waals surface area contributed by atoms with Crippen molar-refractivity contribution in [3.63, 3.8) is 0 Å². The van der Waals surface area contributed by atoms with E-state index in [2.05, 4.69) is 25.8 Å². The van der Waals surface area contributed by atoms with Crippen molar-refractivity contribution in [2.75, 3.05) is 0 Å². The summed E-state index contributed by atoms with van der Waals surface area (Å²) in [5.74, 6) is -1.90. The van der Waals surface area contributed by atoms with E-state index in [4.69, 9.17) is 11.6 Å². The topological polar surface area (TPSA) is 74.6 Å². The fraction of sp³-hybridized carbons (Fsp3) is 0.222. The molecule has 0 radical (unpaired) electrons. The molecule has 0 spiro atoms. The summed E-state index contributed by atoms with van der Waals surface area (Å²) in [6.07, 6.45) is 3.54. The number of aromatic nitrogens is 1. The second-order valence-corrected chi connectivity index (χ2v) is 9.63. The van der Waals surface area contributed by atoms with Crippen molar-refractivity contribution >= 4 is 29.1 Å². The number of nitrogens with zero attached hydrogens (tertiary/aromatic N) is 1. The van der Waals surface area contributed by atoms with Crippen LogP contribution in [-0.2, 0) is 21.5 Å². The zero-order valence-electron chi connectivity index (χ0n) is 18.8. The molecule has 2 aromatic carbocycles. The first-order valence-corrected chi connectivity index (χ1v) is 11.1. The van der Waals surface area contributed by atoms with Crippen LogP contribution in [0.25, 0.3) is 5.76 Å². The molecular formula is C27H25ClN2O3. The Morgan fingerprint density at radius 2 is 1.70 bits per heavy atom. The number of benzene rings is 2. The van der Waals surface area contributed by atoms with Crippen molar-refractivity contribution in [1.82, 2.24) is 4.90 Å². The van der Waals surface area contributed by atoms with Gasteiger partial charge in [-0.3, -0.25) is 9.59 Å². The molecule has 1 N–H and O–H groups in total. The largest absolute Gasteiger partial charge is 0.872 e. The van der Waals surface area contributed by atoms with Gasteiger partial charge >= 0.3 is 0 Å². The van der Waals surface area contributed by atoms with Gasteiger partial charge in [0.2, 0.25) is 5.78 Å². The van der Waals surface area contributed by atoms with Crippen LogP contribution in [0.5, 0.6) is 0 Å². The first kappa shape index (κ1) is 22.7. The molecule has 1 fully saturated rings. The Bertz CT molecular complexity index is 1210. The normalized spacial score (nSPS) is 18.1. The molecule has 4 rings (SSSR count).